The number of ether oxygens (including phenoxy) is 1. The average Bonchev–Trinajstić information content (AvgIpc) is 3.19. The summed E-state index contributed by atoms with van der Waals surface area (Å²) < 4.78 is 11.6. The first-order valence-electron chi connectivity index (χ1n) is 7.37. The second kappa shape index (κ2) is 5.61. The summed E-state index contributed by atoms with van der Waals surface area (Å²) in [5.74, 6) is 2.16. The van der Waals surface area contributed by atoms with Gasteiger partial charge in [0.15, 0.2) is 0 Å². The minimum Gasteiger partial charge on any atom is -0.487 e. The zero-order valence-corrected chi connectivity index (χ0v) is 12.6. The van der Waals surface area contributed by atoms with Gasteiger partial charge in [0.1, 0.15) is 23.8 Å². The van der Waals surface area contributed by atoms with Gasteiger partial charge >= 0.3 is 0 Å². The van der Waals surface area contributed by atoms with E-state index >= 15 is 0 Å². The maximum absolute atomic E-state index is 5.83. The van der Waals surface area contributed by atoms with Crippen LogP contribution in [-0.2, 0) is 6.61 Å². The Morgan fingerprint density at radius 3 is 2.87 bits per heavy atom. The highest BCUT2D eigenvalue weighted by Crippen LogP contribution is 2.23. The van der Waals surface area contributed by atoms with Crippen molar-refractivity contribution in [2.24, 2.45) is 0 Å². The minimum absolute atomic E-state index is 0.363. The van der Waals surface area contributed by atoms with Crippen LogP contribution in [0.2, 0.25) is 0 Å². The van der Waals surface area contributed by atoms with Crippen molar-refractivity contribution in [3.05, 3.63) is 66.2 Å². The highest BCUT2D eigenvalue weighted by molar-refractivity contribution is 5.79. The van der Waals surface area contributed by atoms with Gasteiger partial charge in [-0.15, -0.1) is 0 Å². The van der Waals surface area contributed by atoms with Crippen molar-refractivity contribution in [3.8, 4) is 17.2 Å². The summed E-state index contributed by atoms with van der Waals surface area (Å²) in [5, 5.41) is 7.99. The molecule has 0 aliphatic carbocycles. The number of aromatic nitrogens is 3. The lowest BCUT2D eigenvalue weighted by Crippen LogP contribution is -1.97. The van der Waals surface area contributed by atoms with Gasteiger partial charge in [0.05, 0.1) is 11.7 Å². The van der Waals surface area contributed by atoms with Crippen molar-refractivity contribution in [1.82, 2.24) is 15.2 Å². The smallest absolute Gasteiger partial charge is 0.226 e. The second-order valence-electron chi connectivity index (χ2n) is 5.30. The molecule has 0 atom stereocenters. The van der Waals surface area contributed by atoms with Gasteiger partial charge in [-0.05, 0) is 31.2 Å². The molecule has 0 bridgehead atoms. The number of hydrogen-bond acceptors (Lipinski definition) is 4. The number of H-pyrrole nitrogens is 1. The molecule has 114 valence electrons. The van der Waals surface area contributed by atoms with E-state index in [1.54, 1.807) is 6.20 Å². The number of nitrogens with zero attached hydrogens (tertiary/aromatic N) is 2. The lowest BCUT2D eigenvalue weighted by Gasteiger charge is -2.04. The van der Waals surface area contributed by atoms with E-state index in [0.29, 0.717) is 12.5 Å². The van der Waals surface area contributed by atoms with E-state index in [4.69, 9.17) is 9.15 Å². The summed E-state index contributed by atoms with van der Waals surface area (Å²) >= 11 is 0. The summed E-state index contributed by atoms with van der Waals surface area (Å²) in [5.41, 5.74) is 2.71. The number of benzene rings is 2. The fourth-order valence-electron chi connectivity index (χ4n) is 2.42. The Morgan fingerprint density at radius 1 is 1.13 bits per heavy atom. The molecular formula is C18H15N3O2. The zero-order valence-electron chi connectivity index (χ0n) is 12.6. The average molecular weight is 305 g/mol. The molecule has 0 fully saturated rings. The summed E-state index contributed by atoms with van der Waals surface area (Å²) in [7, 11) is 0. The Kier molecular flexibility index (Phi) is 3.31. The number of nitrogens with one attached hydrogen (secondary N) is 1. The van der Waals surface area contributed by atoms with Gasteiger partial charge in [-0.3, -0.25) is 5.10 Å². The van der Waals surface area contributed by atoms with Crippen LogP contribution in [0.5, 0.6) is 5.75 Å². The normalized spacial score (nSPS) is 11.0. The van der Waals surface area contributed by atoms with Crippen LogP contribution in [-0.4, -0.2) is 15.2 Å². The number of oxazole rings is 1. The Balaban J connectivity index is 1.53. The molecule has 0 spiro atoms. The summed E-state index contributed by atoms with van der Waals surface area (Å²) in [4.78, 5) is 4.54. The van der Waals surface area contributed by atoms with E-state index in [2.05, 4.69) is 15.2 Å². The number of rotatable bonds is 4. The first-order valence-corrected chi connectivity index (χ1v) is 7.37. The molecule has 2 aromatic heterocycles. The molecule has 0 saturated carbocycles. The maximum Gasteiger partial charge on any atom is 0.226 e. The highest BCUT2D eigenvalue weighted by Gasteiger charge is 2.12. The Bertz CT molecular complexity index is 941. The topological polar surface area (TPSA) is 63.9 Å². The van der Waals surface area contributed by atoms with Gasteiger partial charge in [0, 0.05) is 17.0 Å². The van der Waals surface area contributed by atoms with Crippen LogP contribution in [0.15, 0.2) is 59.1 Å². The van der Waals surface area contributed by atoms with Gasteiger partial charge in [0.25, 0.3) is 0 Å². The van der Waals surface area contributed by atoms with Gasteiger partial charge in [-0.25, -0.2) is 4.98 Å². The zero-order chi connectivity index (χ0) is 15.6. The molecule has 0 amide bonds. The van der Waals surface area contributed by atoms with E-state index < -0.39 is 0 Å². The van der Waals surface area contributed by atoms with Gasteiger partial charge in [0.2, 0.25) is 5.89 Å². The van der Waals surface area contributed by atoms with E-state index in [0.717, 1.165) is 33.7 Å². The van der Waals surface area contributed by atoms with Crippen molar-refractivity contribution in [1.29, 1.82) is 0 Å². The van der Waals surface area contributed by atoms with Crippen molar-refractivity contribution in [3.63, 3.8) is 0 Å². The van der Waals surface area contributed by atoms with Crippen molar-refractivity contribution < 1.29 is 9.15 Å². The monoisotopic (exact) mass is 305 g/mol. The molecule has 0 saturated heterocycles. The van der Waals surface area contributed by atoms with E-state index in [1.807, 2.05) is 55.5 Å². The van der Waals surface area contributed by atoms with Crippen LogP contribution in [0.1, 0.15) is 11.5 Å². The second-order valence-corrected chi connectivity index (χ2v) is 5.30. The van der Waals surface area contributed by atoms with E-state index in [-0.39, 0.29) is 0 Å². The SMILES string of the molecule is Cc1oc(-c2ccccc2)nc1COc1ccc2cn[nH]c2c1. The Labute approximate surface area is 132 Å². The molecule has 1 N–H and O–H groups in total. The van der Waals surface area contributed by atoms with Crippen LogP contribution in [0.3, 0.4) is 0 Å². The quantitative estimate of drug-likeness (QED) is 0.616. The van der Waals surface area contributed by atoms with Crippen LogP contribution < -0.4 is 4.74 Å². The number of aromatic amines is 1. The summed E-state index contributed by atoms with van der Waals surface area (Å²) in [6.07, 6.45) is 1.78. The van der Waals surface area contributed by atoms with Crippen molar-refractivity contribution in [2.45, 2.75) is 13.5 Å². The number of hydrogen-bond donors (Lipinski definition) is 1. The molecule has 4 rings (SSSR count). The lowest BCUT2D eigenvalue weighted by molar-refractivity contribution is 0.300. The fraction of sp³-hybridized carbons (Fsp3) is 0.111. The molecule has 0 radical (unpaired) electrons. The molecule has 2 aromatic carbocycles. The molecule has 0 unspecified atom stereocenters. The van der Waals surface area contributed by atoms with Crippen molar-refractivity contribution >= 4 is 10.9 Å². The Morgan fingerprint density at radius 2 is 2.00 bits per heavy atom. The van der Waals surface area contributed by atoms with Gasteiger partial charge < -0.3 is 9.15 Å². The third-order valence-electron chi connectivity index (χ3n) is 3.70. The first kappa shape index (κ1) is 13.6. The largest absolute Gasteiger partial charge is 0.487 e. The van der Waals surface area contributed by atoms with Gasteiger partial charge in [-0.2, -0.15) is 5.10 Å². The lowest BCUT2D eigenvalue weighted by atomic mass is 10.2. The van der Waals surface area contributed by atoms with E-state index in [1.165, 1.54) is 0 Å². The molecule has 5 heteroatoms. The number of aryl methyl sites for hydroxylation is 1. The van der Waals surface area contributed by atoms with Crippen LogP contribution in [0.4, 0.5) is 0 Å². The fourth-order valence-corrected chi connectivity index (χ4v) is 2.42. The molecule has 2 heterocycles. The van der Waals surface area contributed by atoms with Crippen LogP contribution >= 0.6 is 0 Å². The standard InChI is InChI=1S/C18H15N3O2/c1-12-17(20-18(23-12)13-5-3-2-4-6-13)11-22-15-8-7-14-10-19-21-16(14)9-15/h2-10H,11H2,1H3,(H,19,21). The number of fused-ring (bicyclic) bond motifs is 1. The first-order chi connectivity index (χ1) is 11.3. The van der Waals surface area contributed by atoms with E-state index in [9.17, 15) is 0 Å². The predicted molar refractivity (Wildman–Crippen MR) is 87.1 cm³/mol. The van der Waals surface area contributed by atoms with Crippen LogP contribution in [0, 0.1) is 6.92 Å². The third-order valence-corrected chi connectivity index (χ3v) is 3.70. The summed E-state index contributed by atoms with van der Waals surface area (Å²) in [6.45, 7) is 2.26. The molecule has 4 aromatic rings. The van der Waals surface area contributed by atoms with Crippen molar-refractivity contribution in [2.75, 3.05) is 0 Å². The summed E-state index contributed by atoms with van der Waals surface area (Å²) in [6, 6.07) is 15.7. The molecule has 0 aliphatic rings. The molecule has 5 nitrogen and oxygen atoms in total. The van der Waals surface area contributed by atoms with Crippen LogP contribution in [0.25, 0.3) is 22.4 Å². The maximum atomic E-state index is 5.83. The molecular weight excluding hydrogens is 290 g/mol. The molecule has 0 aliphatic heterocycles. The predicted octanol–water partition coefficient (Wildman–Crippen LogP) is 4.11. The minimum atomic E-state index is 0.363. The third kappa shape index (κ3) is 2.68. The molecule has 23 heavy (non-hydrogen) atoms. The highest BCUT2D eigenvalue weighted by atomic mass is 16.5. The Hall–Kier alpha value is -3.08. The van der Waals surface area contributed by atoms with Gasteiger partial charge in [-0.1, -0.05) is 18.2 Å².